The lowest BCUT2D eigenvalue weighted by atomic mass is 10.1. The molecule has 2 aromatic rings. The molecule has 0 unspecified atom stereocenters. The van der Waals surface area contributed by atoms with Crippen LogP contribution in [0.5, 0.6) is 0 Å². The lowest BCUT2D eigenvalue weighted by molar-refractivity contribution is -0.0161. The van der Waals surface area contributed by atoms with E-state index >= 15 is 0 Å². The van der Waals surface area contributed by atoms with E-state index in [2.05, 4.69) is 55.7 Å². The normalized spacial score (nSPS) is 24.5. The smallest absolute Gasteiger partial charge is 0.280 e. The summed E-state index contributed by atoms with van der Waals surface area (Å²) in [6.07, 6.45) is 2.91. The average molecular weight is 380 g/mol. The zero-order valence-electron chi connectivity index (χ0n) is 16.4. The van der Waals surface area contributed by atoms with Crippen LogP contribution in [0.25, 0.3) is 11.2 Å². The third-order valence-corrected chi connectivity index (χ3v) is 10.1. The van der Waals surface area contributed by atoms with Gasteiger partial charge in [-0.25, -0.2) is 4.98 Å². The van der Waals surface area contributed by atoms with E-state index in [1.54, 1.807) is 10.9 Å². The molecular weight excluding hydrogens is 350 g/mol. The Bertz CT molecular complexity index is 854. The fourth-order valence-corrected chi connectivity index (χ4v) is 4.43. The third-order valence-electron chi connectivity index (χ3n) is 5.60. The van der Waals surface area contributed by atoms with Crippen molar-refractivity contribution >= 4 is 25.4 Å². The van der Waals surface area contributed by atoms with Gasteiger partial charge in [0.25, 0.3) is 5.56 Å². The van der Waals surface area contributed by atoms with Crippen LogP contribution < -0.4 is 11.3 Å². The monoisotopic (exact) mass is 379 g/mol. The number of rotatable bonds is 4. The minimum atomic E-state index is -1.91. The maximum Gasteiger partial charge on any atom is 0.280 e. The number of nitrogens with two attached hydrogens (primary N) is 1. The Kier molecular flexibility index (Phi) is 4.74. The van der Waals surface area contributed by atoms with E-state index in [1.165, 1.54) is 0 Å². The molecule has 1 saturated heterocycles. The van der Waals surface area contributed by atoms with Crippen LogP contribution in [0.4, 0.5) is 5.95 Å². The van der Waals surface area contributed by atoms with E-state index in [0.717, 1.165) is 6.42 Å². The van der Waals surface area contributed by atoms with Gasteiger partial charge in [0.1, 0.15) is 6.23 Å². The number of H-pyrrole nitrogens is 1. The molecule has 3 N–H and O–H groups in total. The number of aromatic amines is 1. The molecule has 0 aromatic carbocycles. The van der Waals surface area contributed by atoms with E-state index in [9.17, 15) is 4.79 Å². The van der Waals surface area contributed by atoms with Crippen LogP contribution in [0.1, 0.15) is 46.8 Å². The summed E-state index contributed by atoms with van der Waals surface area (Å²) in [5.74, 6) is 0.0726. The predicted octanol–water partition coefficient (Wildman–Crippen LogP) is 2.79. The molecule has 0 amide bonds. The molecule has 0 bridgehead atoms. The highest BCUT2D eigenvalue weighted by Gasteiger charge is 2.44. The number of aromatic nitrogens is 4. The van der Waals surface area contributed by atoms with Gasteiger partial charge in [-0.1, -0.05) is 27.7 Å². The number of imidazole rings is 1. The van der Waals surface area contributed by atoms with Gasteiger partial charge in [-0.3, -0.25) is 14.3 Å². The van der Waals surface area contributed by atoms with Crippen molar-refractivity contribution in [1.82, 2.24) is 19.5 Å². The summed E-state index contributed by atoms with van der Waals surface area (Å²) < 4.78 is 14.7. The van der Waals surface area contributed by atoms with Crippen LogP contribution in [0, 0.1) is 0 Å². The standard InChI is InChI=1S/C17H29N5O3Si/c1-7-10-11(25-26(5,6)17(2,3)4)8-12(24-10)22-9-19-13-14(22)20-16(18)21-15(13)23/h9-12H,7-8H2,1-6H3,(H3,18,20,21,23)/t10-,11-,12-/m1/s1. The largest absolute Gasteiger partial charge is 0.411 e. The molecule has 1 aliphatic rings. The van der Waals surface area contributed by atoms with Crippen LogP contribution in [0.2, 0.25) is 18.1 Å². The third kappa shape index (κ3) is 3.30. The summed E-state index contributed by atoms with van der Waals surface area (Å²) in [7, 11) is -1.91. The van der Waals surface area contributed by atoms with E-state index < -0.39 is 8.32 Å². The van der Waals surface area contributed by atoms with Gasteiger partial charge in [0.05, 0.1) is 18.5 Å². The Labute approximate surface area is 154 Å². The van der Waals surface area contributed by atoms with Crippen molar-refractivity contribution in [2.24, 2.45) is 0 Å². The van der Waals surface area contributed by atoms with Gasteiger partial charge >= 0.3 is 0 Å². The molecule has 0 aliphatic carbocycles. The van der Waals surface area contributed by atoms with Crippen LogP contribution in [-0.2, 0) is 9.16 Å². The van der Waals surface area contributed by atoms with Crippen LogP contribution in [0.3, 0.4) is 0 Å². The minimum Gasteiger partial charge on any atom is -0.411 e. The van der Waals surface area contributed by atoms with Crippen molar-refractivity contribution in [1.29, 1.82) is 0 Å². The molecule has 3 atom stereocenters. The van der Waals surface area contributed by atoms with Crippen molar-refractivity contribution in [2.75, 3.05) is 5.73 Å². The van der Waals surface area contributed by atoms with Crippen molar-refractivity contribution < 1.29 is 9.16 Å². The second-order valence-corrected chi connectivity index (χ2v) is 13.2. The topological polar surface area (TPSA) is 108 Å². The first kappa shape index (κ1) is 19.1. The molecular formula is C17H29N5O3Si. The van der Waals surface area contributed by atoms with E-state index in [1.807, 2.05) is 0 Å². The highest BCUT2D eigenvalue weighted by molar-refractivity contribution is 6.74. The number of ether oxygens (including phenoxy) is 1. The van der Waals surface area contributed by atoms with Gasteiger partial charge in [-0.15, -0.1) is 0 Å². The van der Waals surface area contributed by atoms with E-state index in [4.69, 9.17) is 14.9 Å². The van der Waals surface area contributed by atoms with Crippen LogP contribution in [0.15, 0.2) is 11.1 Å². The minimum absolute atomic E-state index is 0.00548. The second-order valence-electron chi connectivity index (χ2n) is 8.46. The van der Waals surface area contributed by atoms with Crippen LogP contribution >= 0.6 is 0 Å². The van der Waals surface area contributed by atoms with Gasteiger partial charge in [0.2, 0.25) is 5.95 Å². The average Bonchev–Trinajstić information content (AvgIpc) is 3.09. The predicted molar refractivity (Wildman–Crippen MR) is 103 cm³/mol. The molecule has 1 fully saturated rings. The summed E-state index contributed by atoms with van der Waals surface area (Å²) in [4.78, 5) is 22.9. The Morgan fingerprint density at radius 2 is 2.15 bits per heavy atom. The Balaban J connectivity index is 1.89. The summed E-state index contributed by atoms with van der Waals surface area (Å²) >= 11 is 0. The van der Waals surface area contributed by atoms with Crippen molar-refractivity contribution in [3.05, 3.63) is 16.7 Å². The number of hydrogen-bond acceptors (Lipinski definition) is 6. The van der Waals surface area contributed by atoms with E-state index in [-0.39, 0.29) is 40.5 Å². The van der Waals surface area contributed by atoms with Crippen LogP contribution in [-0.4, -0.2) is 40.0 Å². The molecule has 0 spiro atoms. The SMILES string of the molecule is CC[C@H]1O[C@@H](n2cnc3c(=O)[nH]c(N)nc32)C[C@H]1O[Si](C)(C)C(C)(C)C. The molecule has 0 radical (unpaired) electrons. The van der Waals surface area contributed by atoms with Gasteiger partial charge in [0.15, 0.2) is 19.5 Å². The second kappa shape index (κ2) is 6.47. The maximum atomic E-state index is 12.0. The number of hydrogen-bond donors (Lipinski definition) is 2. The van der Waals surface area contributed by atoms with Gasteiger partial charge < -0.3 is 14.9 Å². The summed E-state index contributed by atoms with van der Waals surface area (Å²) in [5.41, 5.74) is 6.07. The molecule has 3 heterocycles. The number of nitrogen functional groups attached to an aromatic ring is 1. The number of anilines is 1. The maximum absolute atomic E-state index is 12.0. The van der Waals surface area contributed by atoms with E-state index in [0.29, 0.717) is 12.1 Å². The molecule has 26 heavy (non-hydrogen) atoms. The highest BCUT2D eigenvalue weighted by atomic mass is 28.4. The Morgan fingerprint density at radius 3 is 2.77 bits per heavy atom. The lowest BCUT2D eigenvalue weighted by Gasteiger charge is -2.39. The van der Waals surface area contributed by atoms with Gasteiger partial charge in [0, 0.05) is 6.42 Å². The highest BCUT2D eigenvalue weighted by Crippen LogP contribution is 2.41. The quantitative estimate of drug-likeness (QED) is 0.791. The number of nitrogens with zero attached hydrogens (tertiary/aromatic N) is 3. The Morgan fingerprint density at radius 1 is 1.46 bits per heavy atom. The first-order valence-electron chi connectivity index (χ1n) is 9.09. The van der Waals surface area contributed by atoms with Crippen molar-refractivity contribution in [3.8, 4) is 0 Å². The van der Waals surface area contributed by atoms with Crippen molar-refractivity contribution in [2.45, 2.75) is 77.1 Å². The molecule has 2 aromatic heterocycles. The molecule has 0 saturated carbocycles. The zero-order valence-corrected chi connectivity index (χ0v) is 17.4. The molecule has 1 aliphatic heterocycles. The fraction of sp³-hybridized carbons (Fsp3) is 0.706. The first-order valence-corrected chi connectivity index (χ1v) is 12.0. The fourth-order valence-electron chi connectivity index (χ4n) is 3.07. The molecule has 3 rings (SSSR count). The summed E-state index contributed by atoms with van der Waals surface area (Å²) in [5, 5.41) is 0.133. The molecule has 8 nitrogen and oxygen atoms in total. The van der Waals surface area contributed by atoms with Gasteiger partial charge in [-0.2, -0.15) is 4.98 Å². The summed E-state index contributed by atoms with van der Waals surface area (Å²) in [6, 6.07) is 0. The van der Waals surface area contributed by atoms with Gasteiger partial charge in [-0.05, 0) is 24.6 Å². The lowest BCUT2D eigenvalue weighted by Crippen LogP contribution is -2.45. The Hall–Kier alpha value is -1.71. The number of fused-ring (bicyclic) bond motifs is 1. The first-order chi connectivity index (χ1) is 12.0. The molecule has 144 valence electrons. The molecule has 9 heteroatoms. The van der Waals surface area contributed by atoms with Crippen molar-refractivity contribution in [3.63, 3.8) is 0 Å². The number of nitrogens with one attached hydrogen (secondary N) is 1. The zero-order chi connectivity index (χ0) is 19.3. The summed E-state index contributed by atoms with van der Waals surface area (Å²) in [6.45, 7) is 13.3.